The second kappa shape index (κ2) is 15.3. The zero-order valence-electron chi connectivity index (χ0n) is 33.4. The van der Waals surface area contributed by atoms with Gasteiger partial charge in [0, 0.05) is 11.8 Å². The number of ether oxygens (including phenoxy) is 1. The average molecular weight is 663 g/mol. The molecule has 4 saturated carbocycles. The third-order valence-electron chi connectivity index (χ3n) is 16.5. The van der Waals surface area contributed by atoms with Gasteiger partial charge in [0.15, 0.2) is 0 Å². The Labute approximate surface area is 298 Å². The van der Waals surface area contributed by atoms with Gasteiger partial charge in [-0.25, -0.2) is 0 Å². The first kappa shape index (κ1) is 38.2. The van der Waals surface area contributed by atoms with Gasteiger partial charge in [0.2, 0.25) is 0 Å². The topological polar surface area (TPSA) is 26.3 Å². The monoisotopic (exact) mass is 663 g/mol. The highest BCUT2D eigenvalue weighted by Crippen LogP contribution is 2.74. The van der Waals surface area contributed by atoms with Crippen LogP contribution < -0.4 is 0 Å². The highest BCUT2D eigenvalue weighted by atomic mass is 16.5. The number of unbranched alkanes of at least 4 members (excludes halogenated alkanes) is 12. The summed E-state index contributed by atoms with van der Waals surface area (Å²) >= 11 is 0. The Hall–Kier alpha value is -1.05. The van der Waals surface area contributed by atoms with Crippen LogP contribution in [-0.4, -0.2) is 12.1 Å². The molecule has 0 aromatic carbocycles. The first-order valence-electron chi connectivity index (χ1n) is 21.4. The van der Waals surface area contributed by atoms with Crippen LogP contribution in [0.4, 0.5) is 0 Å². The van der Waals surface area contributed by atoms with Gasteiger partial charge in [-0.05, 0) is 103 Å². The molecule has 5 rings (SSSR count). The lowest BCUT2D eigenvalue weighted by Gasteiger charge is -2.69. The molecular weight excluding hydrogens is 585 g/mol. The van der Waals surface area contributed by atoms with Gasteiger partial charge < -0.3 is 4.74 Å². The standard InChI is InChI=1S/C46H78O2/c1-10-11-12-13-14-15-16-17-18-19-20-21-22-23-40(47)48-39-28-30-44(7)37(42(39,4)5)27-31-46(9)38(44)25-24-36-41-35(3)34(2)26-29-43(41,6)32-33-45(36,46)8/h24-25,34-35,37,39,41H,10-23,26-33H2,1-9H3/t34-,35+,37+,39+,41+,43-,44+,45-,46-/m1/s1. The van der Waals surface area contributed by atoms with Crippen molar-refractivity contribution in [1.29, 1.82) is 0 Å². The van der Waals surface area contributed by atoms with Crippen molar-refractivity contribution in [1.82, 2.24) is 0 Å². The number of carbonyl (C=O) groups is 1. The minimum Gasteiger partial charge on any atom is -0.462 e. The summed E-state index contributed by atoms with van der Waals surface area (Å²) < 4.78 is 6.40. The van der Waals surface area contributed by atoms with Crippen LogP contribution in [0.15, 0.2) is 23.3 Å². The van der Waals surface area contributed by atoms with E-state index in [1.54, 1.807) is 11.1 Å². The minimum atomic E-state index is -0.00974. The number of hydrogen-bond donors (Lipinski definition) is 0. The number of esters is 1. The number of allylic oxidation sites excluding steroid dienone is 4. The van der Waals surface area contributed by atoms with Crippen LogP contribution in [-0.2, 0) is 9.53 Å². The lowest BCUT2D eigenvalue weighted by Crippen LogP contribution is -2.61. The van der Waals surface area contributed by atoms with Crippen LogP contribution in [0.5, 0.6) is 0 Å². The molecular formula is C46H78O2. The van der Waals surface area contributed by atoms with Crippen LogP contribution in [0.25, 0.3) is 0 Å². The predicted octanol–water partition coefficient (Wildman–Crippen LogP) is 14.0. The van der Waals surface area contributed by atoms with E-state index in [2.05, 4.69) is 74.5 Å². The molecule has 0 aliphatic heterocycles. The molecule has 9 atom stereocenters. The largest absolute Gasteiger partial charge is 0.462 e. The summed E-state index contributed by atoms with van der Waals surface area (Å²) in [6, 6.07) is 0. The van der Waals surface area contributed by atoms with Crippen molar-refractivity contribution in [3.63, 3.8) is 0 Å². The summed E-state index contributed by atoms with van der Waals surface area (Å²) in [6.07, 6.45) is 33.5. The van der Waals surface area contributed by atoms with Crippen molar-refractivity contribution < 1.29 is 9.53 Å². The molecule has 0 heterocycles. The molecule has 0 aromatic heterocycles. The molecule has 48 heavy (non-hydrogen) atoms. The summed E-state index contributed by atoms with van der Waals surface area (Å²) in [4.78, 5) is 13.2. The van der Waals surface area contributed by atoms with E-state index in [1.165, 1.54) is 116 Å². The molecule has 0 bridgehead atoms. The Kier molecular flexibility index (Phi) is 12.2. The molecule has 0 spiro atoms. The van der Waals surface area contributed by atoms with Gasteiger partial charge in [0.1, 0.15) is 6.10 Å². The van der Waals surface area contributed by atoms with Crippen molar-refractivity contribution >= 4 is 5.97 Å². The first-order valence-corrected chi connectivity index (χ1v) is 21.4. The summed E-state index contributed by atoms with van der Waals surface area (Å²) in [6.45, 7) is 22.8. The molecule has 4 fully saturated rings. The van der Waals surface area contributed by atoms with Crippen LogP contribution in [0.2, 0.25) is 0 Å². The van der Waals surface area contributed by atoms with E-state index < -0.39 is 0 Å². The summed E-state index contributed by atoms with van der Waals surface area (Å²) in [5.41, 5.74) is 4.65. The summed E-state index contributed by atoms with van der Waals surface area (Å²) in [5, 5.41) is 0. The highest BCUT2D eigenvalue weighted by molar-refractivity contribution is 5.69. The normalized spacial score (nSPS) is 40.1. The maximum atomic E-state index is 13.2. The van der Waals surface area contributed by atoms with E-state index in [0.29, 0.717) is 17.8 Å². The summed E-state index contributed by atoms with van der Waals surface area (Å²) in [5.74, 6) is 2.92. The Balaban J connectivity index is 1.14. The van der Waals surface area contributed by atoms with Crippen molar-refractivity contribution in [3.8, 4) is 0 Å². The molecule has 0 unspecified atom stereocenters. The van der Waals surface area contributed by atoms with Crippen LogP contribution >= 0.6 is 0 Å². The van der Waals surface area contributed by atoms with E-state index >= 15 is 0 Å². The fourth-order valence-corrected chi connectivity index (χ4v) is 12.9. The van der Waals surface area contributed by atoms with Crippen molar-refractivity contribution in [2.75, 3.05) is 0 Å². The van der Waals surface area contributed by atoms with Gasteiger partial charge in [-0.15, -0.1) is 0 Å². The number of rotatable bonds is 15. The number of fused-ring (bicyclic) bond motifs is 7. The molecule has 0 aromatic rings. The Morgan fingerprint density at radius 2 is 1.29 bits per heavy atom. The maximum Gasteiger partial charge on any atom is 0.306 e. The fourth-order valence-electron chi connectivity index (χ4n) is 12.9. The zero-order valence-corrected chi connectivity index (χ0v) is 33.4. The Bertz CT molecular complexity index is 1160. The molecule has 2 nitrogen and oxygen atoms in total. The quantitative estimate of drug-likeness (QED) is 0.129. The van der Waals surface area contributed by atoms with Gasteiger partial charge in [0.05, 0.1) is 0 Å². The summed E-state index contributed by atoms with van der Waals surface area (Å²) in [7, 11) is 0. The molecule has 274 valence electrons. The zero-order chi connectivity index (χ0) is 34.8. The highest BCUT2D eigenvalue weighted by Gasteiger charge is 2.66. The lowest BCUT2D eigenvalue weighted by molar-refractivity contribution is -0.174. The average Bonchev–Trinajstić information content (AvgIpc) is 3.03. The van der Waals surface area contributed by atoms with Gasteiger partial charge >= 0.3 is 5.97 Å². The smallest absolute Gasteiger partial charge is 0.306 e. The maximum absolute atomic E-state index is 13.2. The van der Waals surface area contributed by atoms with Crippen LogP contribution in [0, 0.1) is 50.7 Å². The van der Waals surface area contributed by atoms with Crippen molar-refractivity contribution in [3.05, 3.63) is 23.3 Å². The molecule has 5 aliphatic rings. The van der Waals surface area contributed by atoms with E-state index in [9.17, 15) is 4.79 Å². The molecule has 0 amide bonds. The Morgan fingerprint density at radius 3 is 1.92 bits per heavy atom. The molecule has 0 radical (unpaired) electrons. The van der Waals surface area contributed by atoms with E-state index in [-0.39, 0.29) is 33.7 Å². The van der Waals surface area contributed by atoms with Gasteiger partial charge in [-0.2, -0.15) is 0 Å². The Morgan fingerprint density at radius 1 is 0.688 bits per heavy atom. The second-order valence-electron chi connectivity index (χ2n) is 19.7. The second-order valence-corrected chi connectivity index (χ2v) is 19.7. The molecule has 0 N–H and O–H groups in total. The predicted molar refractivity (Wildman–Crippen MR) is 205 cm³/mol. The van der Waals surface area contributed by atoms with Gasteiger partial charge in [0.25, 0.3) is 0 Å². The fraction of sp³-hybridized carbons (Fsp3) is 0.891. The lowest BCUT2D eigenvalue weighted by atomic mass is 9.36. The van der Waals surface area contributed by atoms with Crippen molar-refractivity contribution in [2.45, 2.75) is 210 Å². The van der Waals surface area contributed by atoms with Crippen LogP contribution in [0.1, 0.15) is 204 Å². The van der Waals surface area contributed by atoms with Gasteiger partial charge in [-0.3, -0.25) is 4.79 Å². The molecule has 2 heteroatoms. The van der Waals surface area contributed by atoms with Crippen LogP contribution in [0.3, 0.4) is 0 Å². The SMILES string of the molecule is CCCCCCCCCCCCCCCC(=O)O[C@H]1CC[C@]2(C)C3=CC=C4[C@@H]5[C@@H](C)[C@H](C)CC[C@]5(C)CC[C@@]4(C)[C@]3(C)CC[C@H]2C1(C)C. The van der Waals surface area contributed by atoms with E-state index in [0.717, 1.165) is 37.0 Å². The van der Waals surface area contributed by atoms with E-state index in [1.807, 2.05) is 0 Å². The molecule has 5 aliphatic carbocycles. The number of hydrogen-bond acceptors (Lipinski definition) is 2. The van der Waals surface area contributed by atoms with E-state index in [4.69, 9.17) is 4.74 Å². The number of carbonyl (C=O) groups excluding carboxylic acids is 1. The molecule has 0 saturated heterocycles. The third kappa shape index (κ3) is 7.05. The third-order valence-corrected chi connectivity index (χ3v) is 16.5. The van der Waals surface area contributed by atoms with Crippen molar-refractivity contribution in [2.24, 2.45) is 50.7 Å². The first-order chi connectivity index (χ1) is 22.7. The van der Waals surface area contributed by atoms with Gasteiger partial charge in [-0.1, -0.05) is 163 Å². The minimum absolute atomic E-state index is 0.00974.